The Labute approximate surface area is 153 Å². The third kappa shape index (κ3) is 3.62. The molecule has 26 heavy (non-hydrogen) atoms. The fourth-order valence-corrected chi connectivity index (χ4v) is 3.18. The first-order valence-electron chi connectivity index (χ1n) is 8.73. The van der Waals surface area contributed by atoms with Crippen molar-refractivity contribution in [2.45, 2.75) is 26.4 Å². The second-order valence-electron chi connectivity index (χ2n) is 6.47. The maximum absolute atomic E-state index is 12.9. The molecule has 1 N–H and O–H groups in total. The first-order valence-corrected chi connectivity index (χ1v) is 8.73. The van der Waals surface area contributed by atoms with Gasteiger partial charge in [0.2, 0.25) is 0 Å². The lowest BCUT2D eigenvalue weighted by Crippen LogP contribution is -2.41. The van der Waals surface area contributed by atoms with Gasteiger partial charge in [-0.2, -0.15) is 0 Å². The van der Waals surface area contributed by atoms with Crippen molar-refractivity contribution in [3.8, 4) is 0 Å². The summed E-state index contributed by atoms with van der Waals surface area (Å²) < 4.78 is 6.89. The average molecular weight is 356 g/mol. The zero-order chi connectivity index (χ0) is 18.7. The van der Waals surface area contributed by atoms with Crippen LogP contribution in [0.15, 0.2) is 30.5 Å². The Kier molecular flexibility index (Phi) is 5.37. The maximum Gasteiger partial charge on any atom is 0.271 e. The number of fused-ring (bicyclic) bond motifs is 1. The molecule has 1 aromatic heterocycles. The van der Waals surface area contributed by atoms with E-state index in [4.69, 9.17) is 4.74 Å². The summed E-state index contributed by atoms with van der Waals surface area (Å²) >= 11 is 0. The van der Waals surface area contributed by atoms with Gasteiger partial charge in [-0.05, 0) is 26.0 Å². The molecule has 0 aliphatic carbocycles. The molecule has 7 nitrogen and oxygen atoms in total. The lowest BCUT2D eigenvalue weighted by molar-refractivity contribution is 0.0637. The molecule has 138 valence electrons. The van der Waals surface area contributed by atoms with E-state index >= 15 is 0 Å². The number of methoxy groups -OCH3 is 1. The zero-order valence-corrected chi connectivity index (χ0v) is 15.4. The SMILES string of the molecule is COCCNC(=O)c1cn2c(n1)[C@@H](C)N(C(=O)c1cccc(C)c1)CC2. The molecule has 0 unspecified atom stereocenters. The molecule has 0 fully saturated rings. The number of aromatic nitrogens is 2. The summed E-state index contributed by atoms with van der Waals surface area (Å²) in [4.78, 5) is 31.4. The quantitative estimate of drug-likeness (QED) is 0.829. The molecule has 7 heteroatoms. The van der Waals surface area contributed by atoms with Crippen LogP contribution in [0.3, 0.4) is 0 Å². The Hall–Kier alpha value is -2.67. The number of imidazole rings is 1. The van der Waals surface area contributed by atoms with Crippen molar-refractivity contribution in [3.63, 3.8) is 0 Å². The molecular formula is C19H24N4O3. The fourth-order valence-electron chi connectivity index (χ4n) is 3.18. The summed E-state index contributed by atoms with van der Waals surface area (Å²) in [6.45, 7) is 6.01. The molecule has 1 aliphatic heterocycles. The van der Waals surface area contributed by atoms with Gasteiger partial charge in [-0.1, -0.05) is 17.7 Å². The molecule has 2 amide bonds. The maximum atomic E-state index is 12.9. The smallest absolute Gasteiger partial charge is 0.271 e. The monoisotopic (exact) mass is 356 g/mol. The van der Waals surface area contributed by atoms with Crippen LogP contribution in [0.25, 0.3) is 0 Å². The van der Waals surface area contributed by atoms with Crippen LogP contribution in [0.5, 0.6) is 0 Å². The Morgan fingerprint density at radius 3 is 2.88 bits per heavy atom. The minimum atomic E-state index is -0.229. The third-order valence-corrected chi connectivity index (χ3v) is 4.58. The summed E-state index contributed by atoms with van der Waals surface area (Å²) in [5, 5.41) is 2.77. The zero-order valence-electron chi connectivity index (χ0n) is 15.4. The van der Waals surface area contributed by atoms with Gasteiger partial charge in [-0.25, -0.2) is 4.98 Å². The summed E-state index contributed by atoms with van der Waals surface area (Å²) in [5.41, 5.74) is 2.10. The predicted octanol–water partition coefficient (Wildman–Crippen LogP) is 1.78. The van der Waals surface area contributed by atoms with Gasteiger partial charge in [0, 0.05) is 38.5 Å². The van der Waals surface area contributed by atoms with Crippen LogP contribution in [-0.4, -0.2) is 53.1 Å². The Bertz CT molecular complexity index is 815. The van der Waals surface area contributed by atoms with Crippen LogP contribution in [-0.2, 0) is 11.3 Å². The average Bonchev–Trinajstić information content (AvgIpc) is 3.07. The van der Waals surface area contributed by atoms with E-state index in [0.717, 1.165) is 11.4 Å². The fraction of sp³-hybridized carbons (Fsp3) is 0.421. The van der Waals surface area contributed by atoms with E-state index in [1.54, 1.807) is 13.3 Å². The van der Waals surface area contributed by atoms with Gasteiger partial charge in [0.15, 0.2) is 0 Å². The van der Waals surface area contributed by atoms with E-state index in [1.807, 2.05) is 47.6 Å². The predicted molar refractivity (Wildman–Crippen MR) is 97.1 cm³/mol. The Morgan fingerprint density at radius 1 is 1.35 bits per heavy atom. The highest BCUT2D eigenvalue weighted by Crippen LogP contribution is 2.26. The third-order valence-electron chi connectivity index (χ3n) is 4.58. The highest BCUT2D eigenvalue weighted by molar-refractivity contribution is 5.95. The van der Waals surface area contributed by atoms with Crippen molar-refractivity contribution < 1.29 is 14.3 Å². The highest BCUT2D eigenvalue weighted by atomic mass is 16.5. The van der Waals surface area contributed by atoms with Crippen molar-refractivity contribution in [2.24, 2.45) is 0 Å². The topological polar surface area (TPSA) is 76.5 Å². The number of benzene rings is 1. The van der Waals surface area contributed by atoms with Gasteiger partial charge in [0.05, 0.1) is 12.6 Å². The summed E-state index contributed by atoms with van der Waals surface area (Å²) in [7, 11) is 1.59. The Morgan fingerprint density at radius 2 is 2.15 bits per heavy atom. The van der Waals surface area contributed by atoms with Gasteiger partial charge < -0.3 is 19.5 Å². The highest BCUT2D eigenvalue weighted by Gasteiger charge is 2.31. The van der Waals surface area contributed by atoms with Crippen LogP contribution >= 0.6 is 0 Å². The van der Waals surface area contributed by atoms with E-state index < -0.39 is 0 Å². The van der Waals surface area contributed by atoms with E-state index in [2.05, 4.69) is 10.3 Å². The normalized spacial score (nSPS) is 16.3. The number of carbonyl (C=O) groups excluding carboxylic acids is 2. The number of carbonyl (C=O) groups is 2. The number of hydrogen-bond acceptors (Lipinski definition) is 4. The van der Waals surface area contributed by atoms with Crippen LogP contribution in [0.2, 0.25) is 0 Å². The molecule has 0 bridgehead atoms. The number of hydrogen-bond donors (Lipinski definition) is 1. The molecule has 3 rings (SSSR count). The summed E-state index contributed by atoms with van der Waals surface area (Å²) in [5.74, 6) is 0.489. The first-order chi connectivity index (χ1) is 12.5. The second-order valence-corrected chi connectivity index (χ2v) is 6.47. The van der Waals surface area contributed by atoms with Gasteiger partial charge in [0.25, 0.3) is 11.8 Å². The van der Waals surface area contributed by atoms with E-state index in [0.29, 0.717) is 37.5 Å². The first kappa shape index (κ1) is 18.1. The lowest BCUT2D eigenvalue weighted by Gasteiger charge is -2.33. The molecular weight excluding hydrogens is 332 g/mol. The van der Waals surface area contributed by atoms with E-state index in [1.165, 1.54) is 0 Å². The van der Waals surface area contributed by atoms with Gasteiger partial charge >= 0.3 is 0 Å². The number of nitrogens with one attached hydrogen (secondary N) is 1. The molecule has 2 heterocycles. The number of rotatable bonds is 5. The second kappa shape index (κ2) is 7.70. The number of ether oxygens (including phenoxy) is 1. The standard InChI is InChI=1S/C19H24N4O3/c1-13-5-4-6-15(11-13)19(25)23-9-8-22-12-16(21-17(22)14(23)2)18(24)20-7-10-26-3/h4-6,11-12,14H,7-10H2,1-3H3,(H,20,24)/t14-/m1/s1. The summed E-state index contributed by atoms with van der Waals surface area (Å²) in [6, 6.07) is 7.39. The molecule has 0 saturated carbocycles. The number of amides is 2. The van der Waals surface area contributed by atoms with Crippen molar-refractivity contribution in [1.82, 2.24) is 19.8 Å². The van der Waals surface area contributed by atoms with Gasteiger partial charge in [-0.3, -0.25) is 9.59 Å². The molecule has 1 atom stereocenters. The van der Waals surface area contributed by atoms with E-state index in [-0.39, 0.29) is 17.9 Å². The van der Waals surface area contributed by atoms with Crippen molar-refractivity contribution in [2.75, 3.05) is 26.8 Å². The van der Waals surface area contributed by atoms with Crippen LogP contribution in [0.4, 0.5) is 0 Å². The van der Waals surface area contributed by atoms with Crippen LogP contribution in [0.1, 0.15) is 45.2 Å². The molecule has 2 aromatic rings. The van der Waals surface area contributed by atoms with Crippen molar-refractivity contribution in [1.29, 1.82) is 0 Å². The van der Waals surface area contributed by atoms with E-state index in [9.17, 15) is 9.59 Å². The number of nitrogens with zero attached hydrogens (tertiary/aromatic N) is 3. The van der Waals surface area contributed by atoms with Gasteiger partial charge in [0.1, 0.15) is 11.5 Å². The molecule has 1 aromatic carbocycles. The Balaban J connectivity index is 1.76. The molecule has 1 aliphatic rings. The van der Waals surface area contributed by atoms with Crippen molar-refractivity contribution >= 4 is 11.8 Å². The van der Waals surface area contributed by atoms with Crippen molar-refractivity contribution in [3.05, 3.63) is 53.1 Å². The van der Waals surface area contributed by atoms with Gasteiger partial charge in [-0.15, -0.1) is 0 Å². The minimum absolute atomic E-state index is 0.0125. The van der Waals surface area contributed by atoms with Crippen LogP contribution in [0, 0.1) is 6.92 Å². The number of aryl methyl sites for hydroxylation is 1. The lowest BCUT2D eigenvalue weighted by atomic mass is 10.1. The molecule has 0 saturated heterocycles. The van der Waals surface area contributed by atoms with Crippen LogP contribution < -0.4 is 5.32 Å². The summed E-state index contributed by atoms with van der Waals surface area (Å²) in [6.07, 6.45) is 1.75. The molecule has 0 radical (unpaired) electrons. The molecule has 0 spiro atoms. The largest absolute Gasteiger partial charge is 0.383 e. The minimum Gasteiger partial charge on any atom is -0.383 e.